The second-order valence-corrected chi connectivity index (χ2v) is 4.79. The van der Waals surface area contributed by atoms with Crippen LogP contribution in [0.2, 0.25) is 0 Å². The third-order valence-corrected chi connectivity index (χ3v) is 3.21. The van der Waals surface area contributed by atoms with Gasteiger partial charge in [0.1, 0.15) is 5.57 Å². The van der Waals surface area contributed by atoms with Gasteiger partial charge >= 0.3 is 5.97 Å². The van der Waals surface area contributed by atoms with Crippen LogP contribution in [0.5, 0.6) is 0 Å². The molecule has 2 heterocycles. The highest BCUT2D eigenvalue weighted by molar-refractivity contribution is 6.17. The van der Waals surface area contributed by atoms with Gasteiger partial charge in [-0.2, -0.15) is 0 Å². The topological polar surface area (TPSA) is 75.0 Å². The number of anilines is 1. The lowest BCUT2D eigenvalue weighted by atomic mass is 10.2. The third-order valence-electron chi connectivity index (χ3n) is 3.21. The molecular formula is C16H15N3O3. The molecule has 3 rings (SSSR count). The largest absolute Gasteiger partial charge is 0.462 e. The minimum absolute atomic E-state index is 0.0772. The normalized spacial score (nSPS) is 16.4. The van der Waals surface area contributed by atoms with E-state index in [1.54, 1.807) is 24.1 Å². The van der Waals surface area contributed by atoms with E-state index in [-0.39, 0.29) is 18.1 Å². The zero-order chi connectivity index (χ0) is 15.7. The lowest BCUT2D eigenvalue weighted by Crippen LogP contribution is -2.31. The second-order valence-electron chi connectivity index (χ2n) is 4.79. The molecule has 2 aliphatic rings. The first-order chi connectivity index (χ1) is 10.6. The predicted octanol–water partition coefficient (Wildman–Crippen LogP) is 2.89. The number of fused-ring (bicyclic) bond motifs is 3. The molecule has 0 saturated heterocycles. The van der Waals surface area contributed by atoms with Crippen molar-refractivity contribution in [2.45, 2.75) is 13.8 Å². The highest BCUT2D eigenvalue weighted by Gasteiger charge is 2.30. The molecule has 0 spiro atoms. The van der Waals surface area contributed by atoms with Gasteiger partial charge in [-0.1, -0.05) is 12.1 Å². The molecule has 0 bridgehead atoms. The monoisotopic (exact) mass is 297 g/mol. The van der Waals surface area contributed by atoms with Crippen LogP contribution in [0.4, 0.5) is 11.4 Å². The molecule has 0 atom stereocenters. The summed E-state index contributed by atoms with van der Waals surface area (Å²) in [4.78, 5) is 18.2. The molecule has 0 unspecified atom stereocenters. The Labute approximate surface area is 127 Å². The molecule has 112 valence electrons. The van der Waals surface area contributed by atoms with E-state index in [4.69, 9.17) is 14.9 Å². The molecule has 0 saturated carbocycles. The molecule has 1 aromatic carbocycles. The molecule has 0 amide bonds. The summed E-state index contributed by atoms with van der Waals surface area (Å²) in [5, 5.41) is 7.90. The van der Waals surface area contributed by atoms with Crippen LogP contribution in [0.15, 0.2) is 53.0 Å². The maximum atomic E-state index is 12.0. The van der Waals surface area contributed by atoms with Gasteiger partial charge in [-0.3, -0.25) is 15.3 Å². The van der Waals surface area contributed by atoms with Gasteiger partial charge in [0, 0.05) is 18.0 Å². The molecule has 22 heavy (non-hydrogen) atoms. The van der Waals surface area contributed by atoms with Gasteiger partial charge in [0.05, 0.1) is 18.0 Å². The van der Waals surface area contributed by atoms with Crippen molar-refractivity contribution in [3.8, 4) is 0 Å². The van der Waals surface area contributed by atoms with Gasteiger partial charge in [0.15, 0.2) is 0 Å². The van der Waals surface area contributed by atoms with Gasteiger partial charge in [-0.15, -0.1) is 0 Å². The van der Waals surface area contributed by atoms with Crippen molar-refractivity contribution in [1.82, 2.24) is 0 Å². The number of para-hydroxylation sites is 2. The number of nitrogens with one attached hydrogen (secondary N) is 1. The summed E-state index contributed by atoms with van der Waals surface area (Å²) in [7, 11) is 0. The maximum Gasteiger partial charge on any atom is 0.345 e. The molecule has 0 aliphatic carbocycles. The van der Waals surface area contributed by atoms with Gasteiger partial charge in [-0.25, -0.2) is 4.79 Å². The number of ether oxygens (including phenoxy) is 2. The fourth-order valence-electron chi connectivity index (χ4n) is 2.26. The van der Waals surface area contributed by atoms with Crippen molar-refractivity contribution < 1.29 is 14.3 Å². The average molecular weight is 297 g/mol. The SMILES string of the molecule is CCOC(=O)C1=CN2C(=CC(C)=Nc3ccccc32)OC1=N. The van der Waals surface area contributed by atoms with Crippen molar-refractivity contribution in [3.63, 3.8) is 0 Å². The molecule has 0 radical (unpaired) electrons. The van der Waals surface area contributed by atoms with Crippen molar-refractivity contribution in [2.75, 3.05) is 11.5 Å². The number of rotatable bonds is 2. The number of nitrogens with zero attached hydrogens (tertiary/aromatic N) is 2. The molecule has 0 aromatic heterocycles. The van der Waals surface area contributed by atoms with Crippen LogP contribution < -0.4 is 4.90 Å². The van der Waals surface area contributed by atoms with E-state index in [0.29, 0.717) is 5.88 Å². The predicted molar refractivity (Wildman–Crippen MR) is 83.3 cm³/mol. The van der Waals surface area contributed by atoms with Crippen LogP contribution >= 0.6 is 0 Å². The summed E-state index contributed by atoms with van der Waals surface area (Å²) in [5.74, 6) is -0.372. The molecule has 0 fully saturated rings. The smallest absolute Gasteiger partial charge is 0.345 e. The van der Waals surface area contributed by atoms with Crippen molar-refractivity contribution in [1.29, 1.82) is 5.41 Å². The van der Waals surface area contributed by atoms with E-state index < -0.39 is 5.97 Å². The molecule has 6 heteroatoms. The Bertz CT molecular complexity index is 747. The van der Waals surface area contributed by atoms with Crippen LogP contribution in [0.1, 0.15) is 13.8 Å². The van der Waals surface area contributed by atoms with Crippen LogP contribution in [0.25, 0.3) is 0 Å². The Hall–Kier alpha value is -2.89. The van der Waals surface area contributed by atoms with E-state index in [1.165, 1.54) is 0 Å². The minimum Gasteiger partial charge on any atom is -0.462 e. The number of benzene rings is 1. The lowest BCUT2D eigenvalue weighted by molar-refractivity contribution is -0.138. The van der Waals surface area contributed by atoms with Crippen molar-refractivity contribution >= 4 is 29.0 Å². The van der Waals surface area contributed by atoms with E-state index in [9.17, 15) is 4.79 Å². The first kappa shape index (κ1) is 14.1. The minimum atomic E-state index is -0.578. The quantitative estimate of drug-likeness (QED) is 0.852. The van der Waals surface area contributed by atoms with Gasteiger partial charge in [0.25, 0.3) is 0 Å². The van der Waals surface area contributed by atoms with Crippen LogP contribution in [-0.2, 0) is 14.3 Å². The second kappa shape index (κ2) is 5.48. The van der Waals surface area contributed by atoms with Crippen molar-refractivity contribution in [3.05, 3.63) is 48.0 Å². The summed E-state index contributed by atoms with van der Waals surface area (Å²) in [6, 6.07) is 7.53. The standard InChI is InChI=1S/C16H15N3O3/c1-3-21-16(20)11-9-19-13-7-5-4-6-12(13)18-10(2)8-14(19)22-15(11)17/h4-9,17H,3H2,1-2H3. The van der Waals surface area contributed by atoms with Gasteiger partial charge in [0.2, 0.25) is 11.8 Å². The number of hydrogen-bond acceptors (Lipinski definition) is 6. The van der Waals surface area contributed by atoms with E-state index in [0.717, 1.165) is 17.1 Å². The molecule has 1 aromatic rings. The summed E-state index contributed by atoms with van der Waals surface area (Å²) in [6.07, 6.45) is 3.29. The summed E-state index contributed by atoms with van der Waals surface area (Å²) in [6.45, 7) is 3.81. The zero-order valence-corrected chi connectivity index (χ0v) is 12.3. The number of esters is 1. The first-order valence-electron chi connectivity index (χ1n) is 6.91. The zero-order valence-electron chi connectivity index (χ0n) is 12.3. The molecular weight excluding hydrogens is 282 g/mol. The molecule has 6 nitrogen and oxygen atoms in total. The Balaban J connectivity index is 2.12. The number of aliphatic imine (C=N–C) groups is 1. The number of allylic oxidation sites excluding steroid dienone is 1. The van der Waals surface area contributed by atoms with Crippen LogP contribution in [0, 0.1) is 5.41 Å². The van der Waals surface area contributed by atoms with Crippen LogP contribution in [-0.4, -0.2) is 24.2 Å². The van der Waals surface area contributed by atoms with Gasteiger partial charge < -0.3 is 9.47 Å². The highest BCUT2D eigenvalue weighted by Crippen LogP contribution is 2.36. The maximum absolute atomic E-state index is 12.0. The highest BCUT2D eigenvalue weighted by atomic mass is 16.5. The summed E-state index contributed by atoms with van der Waals surface area (Å²) >= 11 is 0. The Kier molecular flexibility index (Phi) is 3.50. The first-order valence-corrected chi connectivity index (χ1v) is 6.91. The third kappa shape index (κ3) is 2.39. The lowest BCUT2D eigenvalue weighted by Gasteiger charge is -2.28. The Morgan fingerprint density at radius 1 is 1.41 bits per heavy atom. The summed E-state index contributed by atoms with van der Waals surface area (Å²) in [5.41, 5.74) is 2.38. The average Bonchev–Trinajstić information content (AvgIpc) is 2.61. The van der Waals surface area contributed by atoms with E-state index in [2.05, 4.69) is 4.99 Å². The fraction of sp³-hybridized carbons (Fsp3) is 0.188. The van der Waals surface area contributed by atoms with Gasteiger partial charge in [-0.05, 0) is 26.0 Å². The number of hydrogen-bond donors (Lipinski definition) is 1. The van der Waals surface area contributed by atoms with Crippen molar-refractivity contribution in [2.24, 2.45) is 4.99 Å². The Morgan fingerprint density at radius 3 is 2.95 bits per heavy atom. The summed E-state index contributed by atoms with van der Waals surface area (Å²) < 4.78 is 10.5. The van der Waals surface area contributed by atoms with Crippen LogP contribution in [0.3, 0.4) is 0 Å². The van der Waals surface area contributed by atoms with E-state index in [1.807, 2.05) is 31.2 Å². The Morgan fingerprint density at radius 2 is 2.18 bits per heavy atom. The number of carbonyl (C=O) groups excluding carboxylic acids is 1. The molecule has 1 N–H and O–H groups in total. The van der Waals surface area contributed by atoms with E-state index >= 15 is 0 Å². The number of carbonyl (C=O) groups is 1. The molecule has 2 aliphatic heterocycles. The fourth-order valence-corrected chi connectivity index (χ4v) is 2.26.